The Morgan fingerprint density at radius 3 is 1.30 bits per heavy atom. The molecule has 0 atom stereocenters. The molecule has 2 heteroatoms. The number of para-hydroxylation sites is 2. The van der Waals surface area contributed by atoms with Gasteiger partial charge in [-0.1, -0.05) is 200 Å². The Kier molecular flexibility index (Phi) is 9.20. The van der Waals surface area contributed by atoms with E-state index in [9.17, 15) is 0 Å². The number of hydrogen-bond acceptors (Lipinski definition) is 1. The van der Waals surface area contributed by atoms with Crippen LogP contribution in [0.4, 0.5) is 17.1 Å². The highest BCUT2D eigenvalue weighted by molar-refractivity contribution is 6.10. The van der Waals surface area contributed by atoms with Gasteiger partial charge in [-0.15, -0.1) is 0 Å². The molecule has 1 heterocycles. The highest BCUT2D eigenvalue weighted by Gasteiger charge is 2.19. The second kappa shape index (κ2) is 15.8. The molecule has 0 saturated heterocycles. The van der Waals surface area contributed by atoms with Crippen molar-refractivity contribution in [3.05, 3.63) is 255 Å². The van der Waals surface area contributed by atoms with Crippen LogP contribution in [-0.4, -0.2) is 4.57 Å². The van der Waals surface area contributed by atoms with E-state index in [0.29, 0.717) is 0 Å². The molecular weight excluding hydrogens is 773 g/mol. The summed E-state index contributed by atoms with van der Waals surface area (Å²) < 4.78 is 2.40. The third-order valence-electron chi connectivity index (χ3n) is 12.8. The van der Waals surface area contributed by atoms with Gasteiger partial charge in [-0.3, -0.25) is 0 Å². The molecule has 0 saturated carbocycles. The fourth-order valence-electron chi connectivity index (χ4n) is 9.73. The first-order chi connectivity index (χ1) is 31.7. The van der Waals surface area contributed by atoms with E-state index >= 15 is 0 Å². The third kappa shape index (κ3) is 6.52. The number of hydrogen-bond donors (Lipinski definition) is 0. The maximum Gasteiger partial charge on any atom is 0.0541 e. The Labute approximate surface area is 373 Å². The lowest BCUT2D eigenvalue weighted by atomic mass is 9.91. The molecule has 0 aliphatic carbocycles. The summed E-state index contributed by atoms with van der Waals surface area (Å²) in [6.45, 7) is 0. The lowest BCUT2D eigenvalue weighted by molar-refractivity contribution is 1.19. The molecule has 12 rings (SSSR count). The lowest BCUT2D eigenvalue weighted by Crippen LogP contribution is -2.10. The molecule has 0 spiro atoms. The largest absolute Gasteiger partial charge is 0.310 e. The van der Waals surface area contributed by atoms with E-state index < -0.39 is 0 Å². The van der Waals surface area contributed by atoms with Crippen LogP contribution in [0, 0.1) is 0 Å². The maximum absolute atomic E-state index is 2.41. The van der Waals surface area contributed by atoms with Crippen LogP contribution in [0.3, 0.4) is 0 Å². The summed E-state index contributed by atoms with van der Waals surface area (Å²) in [5, 5.41) is 7.38. The number of nitrogens with zero attached hydrogens (tertiary/aromatic N) is 2. The summed E-state index contributed by atoms with van der Waals surface area (Å²) in [7, 11) is 0. The summed E-state index contributed by atoms with van der Waals surface area (Å²) in [5.41, 5.74) is 16.5. The van der Waals surface area contributed by atoms with Gasteiger partial charge in [0, 0.05) is 33.2 Å². The van der Waals surface area contributed by atoms with Crippen molar-refractivity contribution in [1.82, 2.24) is 4.57 Å². The molecule has 2 nitrogen and oxygen atoms in total. The molecule has 0 amide bonds. The van der Waals surface area contributed by atoms with Gasteiger partial charge < -0.3 is 9.47 Å². The number of fused-ring (bicyclic) bond motifs is 5. The van der Waals surface area contributed by atoms with Gasteiger partial charge in [0.15, 0.2) is 0 Å². The molecule has 64 heavy (non-hydrogen) atoms. The summed E-state index contributed by atoms with van der Waals surface area (Å²) in [4.78, 5) is 2.41. The normalized spacial score (nSPS) is 11.4. The van der Waals surface area contributed by atoms with E-state index in [4.69, 9.17) is 0 Å². The van der Waals surface area contributed by atoms with Crippen LogP contribution in [0.15, 0.2) is 255 Å². The van der Waals surface area contributed by atoms with Gasteiger partial charge in [0.05, 0.1) is 16.7 Å². The predicted molar refractivity (Wildman–Crippen MR) is 272 cm³/mol. The Hall–Kier alpha value is -8.46. The second-order valence-corrected chi connectivity index (χ2v) is 16.5. The first-order valence-corrected chi connectivity index (χ1v) is 22.0. The van der Waals surface area contributed by atoms with E-state index in [1.54, 1.807) is 0 Å². The molecule has 12 aromatic rings. The van der Waals surface area contributed by atoms with Crippen LogP contribution in [0.5, 0.6) is 0 Å². The zero-order valence-corrected chi connectivity index (χ0v) is 35.1. The average Bonchev–Trinajstić information content (AvgIpc) is 3.71. The lowest BCUT2D eigenvalue weighted by Gasteiger charge is -2.27. The minimum atomic E-state index is 1.09. The Morgan fingerprint density at radius 2 is 0.719 bits per heavy atom. The van der Waals surface area contributed by atoms with Gasteiger partial charge in [-0.2, -0.15) is 0 Å². The van der Waals surface area contributed by atoms with Crippen molar-refractivity contribution < 1.29 is 0 Å². The number of benzene rings is 11. The summed E-state index contributed by atoms with van der Waals surface area (Å²) in [6.07, 6.45) is 0. The molecule has 0 N–H and O–H groups in total. The van der Waals surface area contributed by atoms with E-state index in [0.717, 1.165) is 22.7 Å². The van der Waals surface area contributed by atoms with Crippen molar-refractivity contribution in [2.75, 3.05) is 4.90 Å². The SMILES string of the molecule is c1ccc(-c2ccc(-c3ccc(N(c4ccc(-c5cccc6cccc(-c7ccccc7)c56)cc4)c4cccc5cc(-n6c7ccccc7c7ccccc76)ccc45)cc3)cc2)cc1. The summed E-state index contributed by atoms with van der Waals surface area (Å²) in [6, 6.07) is 92.6. The van der Waals surface area contributed by atoms with Crippen LogP contribution in [-0.2, 0) is 0 Å². The monoisotopic (exact) mass is 814 g/mol. The molecule has 0 aliphatic rings. The number of aromatic nitrogens is 1. The molecule has 0 bridgehead atoms. The Bertz CT molecular complexity index is 3570. The number of rotatable bonds is 8. The fraction of sp³-hybridized carbons (Fsp3) is 0. The molecule has 1 aromatic heterocycles. The zero-order valence-electron chi connectivity index (χ0n) is 35.1. The quantitative estimate of drug-likeness (QED) is 0.148. The van der Waals surface area contributed by atoms with Gasteiger partial charge in [0.2, 0.25) is 0 Å². The number of anilines is 3. The van der Waals surface area contributed by atoms with Crippen molar-refractivity contribution in [3.63, 3.8) is 0 Å². The molecule has 0 aliphatic heterocycles. The topological polar surface area (TPSA) is 8.17 Å². The van der Waals surface area contributed by atoms with Crippen molar-refractivity contribution in [2.24, 2.45) is 0 Å². The van der Waals surface area contributed by atoms with Crippen molar-refractivity contribution in [3.8, 4) is 50.2 Å². The molecule has 0 unspecified atom stereocenters. The van der Waals surface area contributed by atoms with Crippen molar-refractivity contribution in [1.29, 1.82) is 0 Å². The van der Waals surface area contributed by atoms with Crippen LogP contribution < -0.4 is 4.90 Å². The molecule has 0 radical (unpaired) electrons. The molecular formula is C62H42N2. The first kappa shape index (κ1) is 37.3. The molecule has 300 valence electrons. The highest BCUT2D eigenvalue weighted by atomic mass is 15.1. The van der Waals surface area contributed by atoms with E-state index in [1.165, 1.54) is 87.9 Å². The van der Waals surface area contributed by atoms with Crippen LogP contribution in [0.1, 0.15) is 0 Å². The Morgan fingerprint density at radius 1 is 0.281 bits per heavy atom. The van der Waals surface area contributed by atoms with Crippen LogP contribution >= 0.6 is 0 Å². The van der Waals surface area contributed by atoms with Crippen molar-refractivity contribution >= 4 is 60.4 Å². The molecule has 0 fully saturated rings. The van der Waals surface area contributed by atoms with Gasteiger partial charge in [-0.25, -0.2) is 0 Å². The van der Waals surface area contributed by atoms with Gasteiger partial charge in [-0.05, 0) is 115 Å². The van der Waals surface area contributed by atoms with E-state index in [-0.39, 0.29) is 0 Å². The standard InChI is InChI=1S/C62H42N2/c1-3-14-43(15-4-1)44-28-30-45(31-29-44)46-32-36-51(37-33-46)63(52-38-34-48(35-39-52)56-24-12-19-49-18-11-23-55(62(49)56)47-16-5-2-6-17-47)59-27-13-20-50-42-53(40-41-54(50)59)64-60-25-9-7-21-57(60)58-22-8-10-26-61(58)64/h1-42H. The summed E-state index contributed by atoms with van der Waals surface area (Å²) in [5.74, 6) is 0. The fourth-order valence-corrected chi connectivity index (χ4v) is 9.73. The Balaban J connectivity index is 0.976. The smallest absolute Gasteiger partial charge is 0.0541 e. The molecule has 11 aromatic carbocycles. The third-order valence-corrected chi connectivity index (χ3v) is 12.8. The second-order valence-electron chi connectivity index (χ2n) is 16.5. The minimum absolute atomic E-state index is 1.09. The van der Waals surface area contributed by atoms with Gasteiger partial charge >= 0.3 is 0 Å². The average molecular weight is 815 g/mol. The highest BCUT2D eigenvalue weighted by Crippen LogP contribution is 2.43. The van der Waals surface area contributed by atoms with Crippen molar-refractivity contribution in [2.45, 2.75) is 0 Å². The van der Waals surface area contributed by atoms with Gasteiger partial charge in [0.1, 0.15) is 0 Å². The summed E-state index contributed by atoms with van der Waals surface area (Å²) >= 11 is 0. The van der Waals surface area contributed by atoms with E-state index in [2.05, 4.69) is 264 Å². The van der Waals surface area contributed by atoms with Crippen LogP contribution in [0.25, 0.3) is 93.5 Å². The predicted octanol–water partition coefficient (Wildman–Crippen LogP) is 17.2. The van der Waals surface area contributed by atoms with E-state index in [1.807, 2.05) is 0 Å². The van der Waals surface area contributed by atoms with Crippen LogP contribution in [0.2, 0.25) is 0 Å². The maximum atomic E-state index is 2.41. The minimum Gasteiger partial charge on any atom is -0.310 e. The van der Waals surface area contributed by atoms with Gasteiger partial charge in [0.25, 0.3) is 0 Å². The zero-order chi connectivity index (χ0) is 42.4. The first-order valence-electron chi connectivity index (χ1n) is 22.0.